The van der Waals surface area contributed by atoms with Crippen LogP contribution in [0.25, 0.3) is 6.08 Å². The summed E-state index contributed by atoms with van der Waals surface area (Å²) >= 11 is 0.330. The monoisotopic (exact) mass is 546 g/mol. The van der Waals surface area contributed by atoms with Gasteiger partial charge in [0.15, 0.2) is 0 Å². The smallest absolute Gasteiger partial charge is 0.407 e. The lowest BCUT2D eigenvalue weighted by Crippen LogP contribution is -2.70. The largest absolute Gasteiger partial charge is 0.474 e. The highest BCUT2D eigenvalue weighted by molar-refractivity contribution is 8.14. The number of esters is 1. The summed E-state index contributed by atoms with van der Waals surface area (Å²) in [7, 11) is 0. The first kappa shape index (κ1) is 28.3. The number of alkyl carbamates (subject to hydrolysis) is 1. The van der Waals surface area contributed by atoms with Gasteiger partial charge in [0.25, 0.3) is 0 Å². The first-order chi connectivity index (χ1) is 18.1. The van der Waals surface area contributed by atoms with E-state index in [4.69, 9.17) is 19.3 Å². The molecule has 0 spiro atoms. The predicted octanol–water partition coefficient (Wildman–Crippen LogP) is 0.496. The number of benzene rings is 1. The van der Waals surface area contributed by atoms with E-state index in [1.807, 2.05) is 30.3 Å². The molecule has 14 heteroatoms. The lowest BCUT2D eigenvalue weighted by atomic mass is 9.86. The number of aliphatic carboxylic acids is 1. The highest BCUT2D eigenvalue weighted by Gasteiger charge is 2.68. The molecule has 38 heavy (non-hydrogen) atoms. The Kier molecular flexibility index (Phi) is 9.15. The number of imide groups is 1. The second-order valence-corrected chi connectivity index (χ2v) is 9.02. The molecule has 0 unspecified atom stereocenters. The van der Waals surface area contributed by atoms with Crippen LogP contribution in [0.15, 0.2) is 49.1 Å². The fraction of sp³-hybridized carbons (Fsp3) is 0.292. The van der Waals surface area contributed by atoms with E-state index in [1.165, 1.54) is 6.08 Å². The number of ether oxygens (including phenoxy) is 3. The van der Waals surface area contributed by atoms with E-state index in [9.17, 15) is 33.6 Å². The van der Waals surface area contributed by atoms with Crippen molar-refractivity contribution >= 4 is 58.6 Å². The van der Waals surface area contributed by atoms with Crippen molar-refractivity contribution in [3.8, 4) is 0 Å². The van der Waals surface area contributed by atoms with Gasteiger partial charge in [0, 0.05) is 0 Å². The second-order valence-electron chi connectivity index (χ2n) is 7.84. The molecule has 0 aliphatic carbocycles. The van der Waals surface area contributed by atoms with Crippen LogP contribution in [0.4, 0.5) is 4.79 Å². The number of carbonyl (C=O) groups is 7. The summed E-state index contributed by atoms with van der Waals surface area (Å²) in [5.74, 6) is -10.7. The Labute approximate surface area is 219 Å². The fourth-order valence-electron chi connectivity index (χ4n) is 3.64. The minimum absolute atomic E-state index is 0.0925. The van der Waals surface area contributed by atoms with Gasteiger partial charge in [-0.2, -0.15) is 0 Å². The van der Waals surface area contributed by atoms with Gasteiger partial charge in [-0.3, -0.25) is 24.1 Å². The number of hydrogen-bond donors (Lipinski definition) is 2. The van der Waals surface area contributed by atoms with Gasteiger partial charge < -0.3 is 24.6 Å². The number of cyclic esters (lactones) is 1. The number of carboxylic acids is 1. The molecule has 2 saturated heterocycles. The van der Waals surface area contributed by atoms with Gasteiger partial charge in [0.1, 0.15) is 17.9 Å². The number of ketones is 1. The highest BCUT2D eigenvalue weighted by atomic mass is 32.2. The molecule has 0 saturated carbocycles. The molecule has 0 bridgehead atoms. The summed E-state index contributed by atoms with van der Waals surface area (Å²) in [5, 5.41) is 8.98. The van der Waals surface area contributed by atoms with Gasteiger partial charge in [-0.15, -0.1) is 6.58 Å². The minimum atomic E-state index is -2.16. The van der Waals surface area contributed by atoms with Crippen LogP contribution in [-0.4, -0.2) is 81.7 Å². The molecule has 0 radical (unpaired) electrons. The normalized spacial score (nSPS) is 22.5. The summed E-state index contributed by atoms with van der Waals surface area (Å²) in [5.41, 5.74) is 0.887. The number of rotatable bonds is 10. The Morgan fingerprint density at radius 3 is 2.50 bits per heavy atom. The van der Waals surface area contributed by atoms with Crippen molar-refractivity contribution in [3.63, 3.8) is 0 Å². The predicted molar refractivity (Wildman–Crippen MR) is 129 cm³/mol. The Hall–Kier alpha value is -4.30. The van der Waals surface area contributed by atoms with Crippen molar-refractivity contribution < 1.29 is 52.9 Å². The summed E-state index contributed by atoms with van der Waals surface area (Å²) in [4.78, 5) is 84.6. The summed E-state index contributed by atoms with van der Waals surface area (Å²) in [6.07, 6.45) is 2.92. The maximum atomic E-state index is 12.8. The van der Waals surface area contributed by atoms with Crippen LogP contribution in [0.3, 0.4) is 0 Å². The number of carboxylic acid groups (broad SMARTS) is 1. The standard InChI is InChI=1S/C24H22N2O11S/c1-2-10-36-24(12-15(27)22(33)37-24)17-18(29)26(19(30)21(31)32)20(17)38-16(28)13-25-23(34)35-11-6-9-14-7-4-3-5-8-14/h2-9,17,20H,1,10-13H2,(H,25,34)(H,31,32)/t17-,20+,24+/m0/s1. The molecule has 1 aromatic rings. The first-order valence-electron chi connectivity index (χ1n) is 11.0. The minimum Gasteiger partial charge on any atom is -0.474 e. The van der Waals surface area contributed by atoms with E-state index in [0.717, 1.165) is 5.56 Å². The number of Topliss-reactive ketones (excluding diaryl/α,β-unsaturated/α-hetero) is 1. The Morgan fingerprint density at radius 2 is 1.89 bits per heavy atom. The maximum absolute atomic E-state index is 12.8. The maximum Gasteiger partial charge on any atom is 0.407 e. The molecule has 2 aliphatic heterocycles. The molecule has 3 atom stereocenters. The van der Waals surface area contributed by atoms with Crippen LogP contribution >= 0.6 is 11.8 Å². The van der Waals surface area contributed by atoms with E-state index in [1.54, 1.807) is 12.2 Å². The lowest BCUT2D eigenvalue weighted by Gasteiger charge is -2.49. The molecule has 3 amide bonds. The number of β-lactam (4-membered cyclic amide) rings is 1. The Balaban J connectivity index is 1.64. The van der Waals surface area contributed by atoms with E-state index in [-0.39, 0.29) is 18.1 Å². The fourth-order valence-corrected chi connectivity index (χ4v) is 4.83. The van der Waals surface area contributed by atoms with Gasteiger partial charge in [0.2, 0.25) is 22.6 Å². The van der Waals surface area contributed by atoms with Gasteiger partial charge in [-0.1, -0.05) is 54.2 Å². The van der Waals surface area contributed by atoms with Gasteiger partial charge in [-0.25, -0.2) is 14.4 Å². The van der Waals surface area contributed by atoms with E-state index < -0.39 is 70.8 Å². The second kappa shape index (κ2) is 12.3. The molecule has 2 heterocycles. The number of carbonyl (C=O) groups excluding carboxylic acids is 6. The quantitative estimate of drug-likeness (QED) is 0.180. The van der Waals surface area contributed by atoms with Crippen molar-refractivity contribution in [2.24, 2.45) is 5.92 Å². The topological polar surface area (TPSA) is 183 Å². The van der Waals surface area contributed by atoms with Gasteiger partial charge >= 0.3 is 23.9 Å². The zero-order valence-corrected chi connectivity index (χ0v) is 20.5. The van der Waals surface area contributed by atoms with E-state index in [0.29, 0.717) is 11.8 Å². The number of thioether (sulfide) groups is 1. The summed E-state index contributed by atoms with van der Waals surface area (Å²) in [6, 6.07) is 9.22. The zero-order chi connectivity index (χ0) is 27.9. The number of hydrogen-bond acceptors (Lipinski definition) is 11. The summed E-state index contributed by atoms with van der Waals surface area (Å²) in [6.45, 7) is 2.46. The van der Waals surface area contributed by atoms with Crippen molar-refractivity contribution in [3.05, 3.63) is 54.6 Å². The molecule has 1 aromatic carbocycles. The van der Waals surface area contributed by atoms with Crippen molar-refractivity contribution in [1.29, 1.82) is 0 Å². The van der Waals surface area contributed by atoms with Crippen molar-refractivity contribution in [2.75, 3.05) is 19.8 Å². The van der Waals surface area contributed by atoms with Crippen LogP contribution in [0.2, 0.25) is 0 Å². The summed E-state index contributed by atoms with van der Waals surface area (Å²) < 4.78 is 15.4. The Bertz CT molecular complexity index is 1180. The molecule has 2 aliphatic rings. The SMILES string of the molecule is C=CCO[C@]1([C@H]2C(=O)N(C(=O)C(=O)O)[C@@H]2SC(=O)CNC(=O)OCC=Cc2ccccc2)CC(=O)C(=O)O1. The molecular weight excluding hydrogens is 524 g/mol. The molecule has 2 N–H and O–H groups in total. The third-order valence-corrected chi connectivity index (χ3v) is 6.45. The van der Waals surface area contributed by atoms with E-state index in [2.05, 4.69) is 11.9 Å². The number of nitrogens with zero attached hydrogens (tertiary/aromatic N) is 1. The molecule has 200 valence electrons. The average molecular weight is 547 g/mol. The molecular formula is C24H22N2O11S. The molecule has 2 fully saturated rings. The average Bonchev–Trinajstić information content (AvgIpc) is 3.17. The third kappa shape index (κ3) is 6.33. The number of amides is 3. The molecule has 3 rings (SSSR count). The van der Waals surface area contributed by atoms with Crippen molar-refractivity contribution in [1.82, 2.24) is 10.2 Å². The third-order valence-electron chi connectivity index (χ3n) is 5.31. The van der Waals surface area contributed by atoms with Crippen LogP contribution < -0.4 is 5.32 Å². The van der Waals surface area contributed by atoms with Gasteiger partial charge in [0.05, 0.1) is 19.6 Å². The number of nitrogens with one attached hydrogen (secondary N) is 1. The van der Waals surface area contributed by atoms with Crippen LogP contribution in [0.1, 0.15) is 12.0 Å². The first-order valence-corrected chi connectivity index (χ1v) is 11.9. The Morgan fingerprint density at radius 1 is 1.18 bits per heavy atom. The highest BCUT2D eigenvalue weighted by Crippen LogP contribution is 2.47. The van der Waals surface area contributed by atoms with Gasteiger partial charge in [-0.05, 0) is 11.6 Å². The lowest BCUT2D eigenvalue weighted by molar-refractivity contribution is -0.249. The zero-order valence-electron chi connectivity index (χ0n) is 19.7. The van der Waals surface area contributed by atoms with Crippen LogP contribution in [0.5, 0.6) is 0 Å². The van der Waals surface area contributed by atoms with Crippen LogP contribution in [0, 0.1) is 5.92 Å². The van der Waals surface area contributed by atoms with Crippen LogP contribution in [-0.2, 0) is 43.0 Å². The molecule has 13 nitrogen and oxygen atoms in total. The number of likely N-dealkylation sites (tertiary alicyclic amines) is 1. The molecule has 0 aromatic heterocycles. The van der Waals surface area contributed by atoms with Crippen molar-refractivity contribution in [2.45, 2.75) is 17.6 Å². The van der Waals surface area contributed by atoms with E-state index >= 15 is 0 Å².